The second-order valence-electron chi connectivity index (χ2n) is 7.86. The van der Waals surface area contributed by atoms with Crippen molar-refractivity contribution in [3.63, 3.8) is 0 Å². The van der Waals surface area contributed by atoms with Gasteiger partial charge in [0, 0.05) is 31.4 Å². The first kappa shape index (κ1) is 19.5. The summed E-state index contributed by atoms with van der Waals surface area (Å²) in [5, 5.41) is 23.3. The Labute approximate surface area is 173 Å². The third-order valence-electron chi connectivity index (χ3n) is 5.96. The molecule has 1 fully saturated rings. The molecule has 29 heavy (non-hydrogen) atoms. The number of imidazole rings is 1. The van der Waals surface area contributed by atoms with E-state index in [9.17, 15) is 15.2 Å². The van der Waals surface area contributed by atoms with Gasteiger partial charge in [-0.2, -0.15) is 5.26 Å². The summed E-state index contributed by atoms with van der Waals surface area (Å²) in [5.74, 6) is 0.0339. The summed E-state index contributed by atoms with van der Waals surface area (Å²) >= 11 is 6.02. The van der Waals surface area contributed by atoms with Crippen LogP contribution in [-0.4, -0.2) is 24.8 Å². The smallest absolute Gasteiger partial charge is 0.328 e. The minimum absolute atomic E-state index is 0.0339. The maximum absolute atomic E-state index is 12.9. The second-order valence-corrected chi connectivity index (χ2v) is 8.22. The van der Waals surface area contributed by atoms with E-state index in [1.165, 1.54) is 6.20 Å². The van der Waals surface area contributed by atoms with Gasteiger partial charge in [-0.05, 0) is 44.0 Å². The minimum Gasteiger partial charge on any atom is -0.390 e. The topological polar surface area (TPSA) is 95.9 Å². The predicted molar refractivity (Wildman–Crippen MR) is 112 cm³/mol. The molecule has 0 amide bonds. The molecule has 3 aromatic rings. The molecule has 2 aromatic heterocycles. The van der Waals surface area contributed by atoms with Crippen LogP contribution in [0.1, 0.15) is 31.7 Å². The molecule has 1 aliphatic rings. The molecule has 8 heteroatoms. The highest BCUT2D eigenvalue weighted by molar-refractivity contribution is 6.31. The summed E-state index contributed by atoms with van der Waals surface area (Å²) in [5.41, 5.74) is 2.28. The molecular weight excluding hydrogens is 390 g/mol. The zero-order valence-corrected chi connectivity index (χ0v) is 17.1. The molecule has 7 nitrogen and oxygen atoms in total. The SMILES string of the molecule is Cn1c(=O)n(C[C@@H]2CCC[C@]2(C)O)c2cc(Nc3ccnc(Cl)c3C#N)ccc21. The van der Waals surface area contributed by atoms with Crippen molar-refractivity contribution in [3.8, 4) is 6.07 Å². The molecule has 0 aliphatic heterocycles. The summed E-state index contributed by atoms with van der Waals surface area (Å²) in [6.45, 7) is 2.32. The number of hydrogen-bond donors (Lipinski definition) is 2. The lowest BCUT2D eigenvalue weighted by Gasteiger charge is -2.25. The standard InChI is InChI=1S/C21H22ClN5O2/c1-21(29)8-3-4-13(21)12-27-18-10-14(5-6-17(18)26(2)20(27)28)25-16-7-9-24-19(22)15(16)11-23/h5-7,9-10,13,29H,3-4,8,12H2,1-2H3,(H,24,25)/t13-,21-/m0/s1. The third kappa shape index (κ3) is 3.39. The van der Waals surface area contributed by atoms with E-state index < -0.39 is 5.60 Å². The lowest BCUT2D eigenvalue weighted by molar-refractivity contribution is 0.0146. The Morgan fingerprint density at radius 2 is 2.21 bits per heavy atom. The average molecular weight is 412 g/mol. The number of aromatic nitrogens is 3. The Hall–Kier alpha value is -2.82. The minimum atomic E-state index is -0.757. The number of nitrogens with zero attached hydrogens (tertiary/aromatic N) is 4. The Morgan fingerprint density at radius 3 is 2.90 bits per heavy atom. The molecule has 1 aliphatic carbocycles. The fourth-order valence-corrected chi connectivity index (χ4v) is 4.40. The molecular formula is C21H22ClN5O2. The maximum Gasteiger partial charge on any atom is 0.328 e. The Bertz CT molecular complexity index is 1190. The number of anilines is 2. The van der Waals surface area contributed by atoms with Gasteiger partial charge in [0.05, 0.1) is 22.3 Å². The molecule has 1 aromatic carbocycles. The summed E-state index contributed by atoms with van der Waals surface area (Å²) in [6, 6.07) is 9.35. The van der Waals surface area contributed by atoms with Gasteiger partial charge in [-0.1, -0.05) is 18.0 Å². The molecule has 0 unspecified atom stereocenters. The molecule has 2 heterocycles. The van der Waals surface area contributed by atoms with Crippen molar-refractivity contribution in [1.29, 1.82) is 5.26 Å². The van der Waals surface area contributed by atoms with E-state index in [4.69, 9.17) is 11.6 Å². The number of aryl methyl sites for hydroxylation is 1. The number of pyridine rings is 1. The summed E-state index contributed by atoms with van der Waals surface area (Å²) in [6.07, 6.45) is 4.15. The number of halogens is 1. The quantitative estimate of drug-likeness (QED) is 0.640. The number of rotatable bonds is 4. The number of aliphatic hydroxyl groups is 1. The van der Waals surface area contributed by atoms with Crippen LogP contribution in [0.2, 0.25) is 5.15 Å². The van der Waals surface area contributed by atoms with Crippen molar-refractivity contribution in [1.82, 2.24) is 14.1 Å². The highest BCUT2D eigenvalue weighted by Gasteiger charge is 2.37. The van der Waals surface area contributed by atoms with Crippen LogP contribution in [0.5, 0.6) is 0 Å². The van der Waals surface area contributed by atoms with E-state index in [2.05, 4.69) is 16.4 Å². The lowest BCUT2D eigenvalue weighted by atomic mass is 9.93. The van der Waals surface area contributed by atoms with Crippen molar-refractivity contribution < 1.29 is 5.11 Å². The molecule has 0 radical (unpaired) electrons. The zero-order valence-electron chi connectivity index (χ0n) is 16.3. The van der Waals surface area contributed by atoms with Gasteiger partial charge >= 0.3 is 5.69 Å². The van der Waals surface area contributed by atoms with Gasteiger partial charge in [-0.15, -0.1) is 0 Å². The van der Waals surface area contributed by atoms with E-state index in [-0.39, 0.29) is 22.3 Å². The number of nitriles is 1. The summed E-state index contributed by atoms with van der Waals surface area (Å²) < 4.78 is 3.35. The molecule has 0 saturated heterocycles. The van der Waals surface area contributed by atoms with Crippen LogP contribution in [-0.2, 0) is 13.6 Å². The van der Waals surface area contributed by atoms with Gasteiger partial charge in [0.2, 0.25) is 0 Å². The van der Waals surface area contributed by atoms with Gasteiger partial charge in [-0.25, -0.2) is 9.78 Å². The van der Waals surface area contributed by atoms with Crippen LogP contribution in [0.15, 0.2) is 35.3 Å². The van der Waals surface area contributed by atoms with Crippen molar-refractivity contribution >= 4 is 34.0 Å². The van der Waals surface area contributed by atoms with E-state index in [1.807, 2.05) is 25.1 Å². The first-order valence-electron chi connectivity index (χ1n) is 9.55. The molecule has 1 saturated carbocycles. The van der Waals surface area contributed by atoms with E-state index in [0.29, 0.717) is 12.2 Å². The summed E-state index contributed by atoms with van der Waals surface area (Å²) in [4.78, 5) is 16.8. The largest absolute Gasteiger partial charge is 0.390 e. The molecule has 0 spiro atoms. The van der Waals surface area contributed by atoms with Crippen LogP contribution in [0.3, 0.4) is 0 Å². The van der Waals surface area contributed by atoms with Crippen molar-refractivity contribution in [2.24, 2.45) is 13.0 Å². The highest BCUT2D eigenvalue weighted by Crippen LogP contribution is 2.37. The van der Waals surface area contributed by atoms with Crippen LogP contribution >= 0.6 is 11.6 Å². The first-order valence-corrected chi connectivity index (χ1v) is 9.93. The number of benzene rings is 1. The Balaban J connectivity index is 1.75. The summed E-state index contributed by atoms with van der Waals surface area (Å²) in [7, 11) is 1.75. The highest BCUT2D eigenvalue weighted by atomic mass is 35.5. The number of nitrogens with one attached hydrogen (secondary N) is 1. The maximum atomic E-state index is 12.9. The van der Waals surface area contributed by atoms with E-state index in [0.717, 1.165) is 36.0 Å². The normalized spacial score (nSPS) is 21.4. The van der Waals surface area contributed by atoms with Crippen molar-refractivity contribution in [2.75, 3.05) is 5.32 Å². The first-order chi connectivity index (χ1) is 13.8. The zero-order chi connectivity index (χ0) is 20.8. The Morgan fingerprint density at radius 1 is 1.41 bits per heavy atom. The number of fused-ring (bicyclic) bond motifs is 1. The van der Waals surface area contributed by atoms with Gasteiger partial charge in [-0.3, -0.25) is 9.13 Å². The van der Waals surface area contributed by atoms with E-state index in [1.54, 1.807) is 22.2 Å². The van der Waals surface area contributed by atoms with Crippen LogP contribution in [0, 0.1) is 17.2 Å². The van der Waals surface area contributed by atoms with Crippen molar-refractivity contribution in [2.45, 2.75) is 38.3 Å². The van der Waals surface area contributed by atoms with Gasteiger partial charge in [0.1, 0.15) is 16.8 Å². The molecule has 0 bridgehead atoms. The third-order valence-corrected chi connectivity index (χ3v) is 6.25. The van der Waals surface area contributed by atoms with Crippen molar-refractivity contribution in [3.05, 3.63) is 51.7 Å². The lowest BCUT2D eigenvalue weighted by Crippen LogP contribution is -2.35. The average Bonchev–Trinajstić information content (AvgIpc) is 3.13. The predicted octanol–water partition coefficient (Wildman–Crippen LogP) is 3.55. The van der Waals surface area contributed by atoms with Gasteiger partial charge in [0.15, 0.2) is 0 Å². The molecule has 150 valence electrons. The fourth-order valence-electron chi connectivity index (χ4n) is 4.20. The number of hydrogen-bond acceptors (Lipinski definition) is 5. The van der Waals surface area contributed by atoms with E-state index >= 15 is 0 Å². The van der Waals surface area contributed by atoms with Gasteiger partial charge in [0.25, 0.3) is 0 Å². The van der Waals surface area contributed by atoms with Gasteiger partial charge < -0.3 is 10.4 Å². The molecule has 2 N–H and O–H groups in total. The molecule has 4 rings (SSSR count). The van der Waals surface area contributed by atoms with Crippen LogP contribution < -0.4 is 11.0 Å². The van der Waals surface area contributed by atoms with Crippen LogP contribution in [0.25, 0.3) is 11.0 Å². The second kappa shape index (κ2) is 7.21. The monoisotopic (exact) mass is 411 g/mol. The Kier molecular flexibility index (Phi) is 4.85. The fraction of sp³-hybridized carbons (Fsp3) is 0.381. The molecule has 2 atom stereocenters. The van der Waals surface area contributed by atoms with Crippen LogP contribution in [0.4, 0.5) is 11.4 Å².